The summed E-state index contributed by atoms with van der Waals surface area (Å²) in [6.45, 7) is 2.48. The van der Waals surface area contributed by atoms with E-state index in [1.807, 2.05) is 6.07 Å². The standard InChI is InChI=1S/C31H39FN2O/c32-27-15-7-13-24-14-8-17-31(29(24)27)21-33-20-26(31)30(35)34-18-16-25(22-9-3-1-4-10-22)19-28(34)23-11-5-2-6-12-23/h1,3-4,7,9-10,13,15,23,25-26,28,33H,2,5-6,8,11-12,14,16-21H2/p+1. The maximum absolute atomic E-state index is 15.3. The van der Waals surface area contributed by atoms with Gasteiger partial charge in [0.15, 0.2) is 0 Å². The highest BCUT2D eigenvalue weighted by Gasteiger charge is 2.56. The number of fused-ring (bicyclic) bond motifs is 2. The highest BCUT2D eigenvalue weighted by atomic mass is 19.1. The van der Waals surface area contributed by atoms with Crippen LogP contribution in [0.25, 0.3) is 0 Å². The second kappa shape index (κ2) is 9.69. The Morgan fingerprint density at radius 1 is 0.971 bits per heavy atom. The monoisotopic (exact) mass is 475 g/mol. The fraction of sp³-hybridized carbons (Fsp3) is 0.581. The van der Waals surface area contributed by atoms with E-state index in [-0.39, 0.29) is 17.2 Å². The third-order valence-corrected chi connectivity index (χ3v) is 9.94. The Balaban J connectivity index is 1.32. The number of hydrogen-bond donors (Lipinski definition) is 1. The summed E-state index contributed by atoms with van der Waals surface area (Å²) < 4.78 is 15.3. The van der Waals surface area contributed by atoms with Gasteiger partial charge in [-0.3, -0.25) is 4.79 Å². The van der Waals surface area contributed by atoms with E-state index in [2.05, 4.69) is 46.6 Å². The Morgan fingerprint density at radius 3 is 2.63 bits per heavy atom. The Kier molecular flexibility index (Phi) is 6.43. The average Bonchev–Trinajstić information content (AvgIpc) is 3.32. The second-order valence-electron chi connectivity index (χ2n) is 11.7. The molecule has 6 rings (SSSR count). The molecule has 4 aliphatic rings. The second-order valence-corrected chi connectivity index (χ2v) is 11.7. The number of aryl methyl sites for hydroxylation is 1. The maximum atomic E-state index is 15.3. The first-order valence-electron chi connectivity index (χ1n) is 14.1. The lowest BCUT2D eigenvalue weighted by atomic mass is 9.63. The van der Waals surface area contributed by atoms with E-state index in [0.717, 1.165) is 62.9 Å². The van der Waals surface area contributed by atoms with E-state index in [4.69, 9.17) is 0 Å². The van der Waals surface area contributed by atoms with Crippen LogP contribution in [0.15, 0.2) is 48.5 Å². The fourth-order valence-electron chi connectivity index (χ4n) is 8.28. The van der Waals surface area contributed by atoms with E-state index >= 15 is 4.39 Å². The average molecular weight is 476 g/mol. The smallest absolute Gasteiger partial charge is 0.232 e. The van der Waals surface area contributed by atoms with Crippen molar-refractivity contribution in [2.75, 3.05) is 19.6 Å². The molecule has 35 heavy (non-hydrogen) atoms. The first kappa shape index (κ1) is 23.2. The van der Waals surface area contributed by atoms with E-state index in [1.165, 1.54) is 37.7 Å². The number of piperidine rings is 1. The lowest BCUT2D eigenvalue weighted by Gasteiger charge is -2.47. The van der Waals surface area contributed by atoms with Gasteiger partial charge in [0.2, 0.25) is 5.91 Å². The summed E-state index contributed by atoms with van der Waals surface area (Å²) in [4.78, 5) is 16.8. The summed E-state index contributed by atoms with van der Waals surface area (Å²) in [5, 5.41) is 2.29. The van der Waals surface area contributed by atoms with Gasteiger partial charge in [0.25, 0.3) is 0 Å². The van der Waals surface area contributed by atoms with Crippen molar-refractivity contribution in [2.24, 2.45) is 11.8 Å². The molecule has 186 valence electrons. The van der Waals surface area contributed by atoms with Crippen molar-refractivity contribution in [1.82, 2.24) is 4.90 Å². The van der Waals surface area contributed by atoms with Crippen molar-refractivity contribution >= 4 is 5.91 Å². The fourth-order valence-corrected chi connectivity index (χ4v) is 8.28. The highest BCUT2D eigenvalue weighted by molar-refractivity contribution is 5.82. The molecular weight excluding hydrogens is 435 g/mol. The van der Waals surface area contributed by atoms with Crippen LogP contribution in [0.4, 0.5) is 4.39 Å². The summed E-state index contributed by atoms with van der Waals surface area (Å²) in [7, 11) is 0. The van der Waals surface area contributed by atoms with Gasteiger partial charge in [0.05, 0.1) is 18.5 Å². The van der Waals surface area contributed by atoms with Crippen LogP contribution in [0, 0.1) is 17.7 Å². The predicted octanol–water partition coefficient (Wildman–Crippen LogP) is 4.95. The number of halogens is 1. The van der Waals surface area contributed by atoms with Crippen LogP contribution in [-0.4, -0.2) is 36.5 Å². The largest absolute Gasteiger partial charge is 0.345 e. The molecule has 3 nitrogen and oxygen atoms in total. The predicted molar refractivity (Wildman–Crippen MR) is 137 cm³/mol. The van der Waals surface area contributed by atoms with Crippen molar-refractivity contribution in [3.8, 4) is 0 Å². The number of likely N-dealkylation sites (tertiary alicyclic amines) is 1. The first-order chi connectivity index (χ1) is 17.2. The lowest BCUT2D eigenvalue weighted by molar-refractivity contribution is -0.640. The number of rotatable bonds is 3. The van der Waals surface area contributed by atoms with Crippen LogP contribution in [-0.2, 0) is 16.6 Å². The van der Waals surface area contributed by atoms with Gasteiger partial charge in [-0.25, -0.2) is 4.39 Å². The van der Waals surface area contributed by atoms with Crippen molar-refractivity contribution < 1.29 is 14.5 Å². The third kappa shape index (κ3) is 4.12. The van der Waals surface area contributed by atoms with E-state index < -0.39 is 0 Å². The molecule has 2 aromatic carbocycles. The highest BCUT2D eigenvalue weighted by Crippen LogP contribution is 2.47. The maximum Gasteiger partial charge on any atom is 0.232 e. The van der Waals surface area contributed by atoms with Crippen LogP contribution in [0.1, 0.15) is 80.4 Å². The zero-order valence-corrected chi connectivity index (χ0v) is 20.9. The molecule has 0 aromatic heterocycles. The van der Waals surface area contributed by atoms with Crippen LogP contribution in [0.3, 0.4) is 0 Å². The molecule has 2 aliphatic heterocycles. The Morgan fingerprint density at radius 2 is 1.80 bits per heavy atom. The molecule has 1 amide bonds. The number of quaternary nitrogens is 1. The van der Waals surface area contributed by atoms with E-state index in [0.29, 0.717) is 23.8 Å². The number of hydrogen-bond acceptors (Lipinski definition) is 1. The van der Waals surface area contributed by atoms with Crippen LogP contribution in [0.5, 0.6) is 0 Å². The molecule has 1 saturated carbocycles. The van der Waals surface area contributed by atoms with Gasteiger partial charge in [-0.2, -0.15) is 0 Å². The van der Waals surface area contributed by atoms with Gasteiger partial charge in [-0.15, -0.1) is 0 Å². The van der Waals surface area contributed by atoms with Gasteiger partial charge in [-0.1, -0.05) is 61.7 Å². The number of nitrogens with zero attached hydrogens (tertiary/aromatic N) is 1. The summed E-state index contributed by atoms with van der Waals surface area (Å²) in [5.74, 6) is 1.25. The molecule has 2 N–H and O–H groups in total. The molecule has 0 radical (unpaired) electrons. The Hall–Kier alpha value is -2.20. The summed E-state index contributed by atoms with van der Waals surface area (Å²) in [6.07, 6.45) is 11.4. The van der Waals surface area contributed by atoms with Gasteiger partial charge < -0.3 is 10.2 Å². The molecular formula is C31H40FN2O+. The minimum absolute atomic E-state index is 0.0954. The van der Waals surface area contributed by atoms with Crippen LogP contribution < -0.4 is 5.32 Å². The van der Waals surface area contributed by atoms with Crippen LogP contribution >= 0.6 is 0 Å². The molecule has 2 heterocycles. The van der Waals surface area contributed by atoms with Gasteiger partial charge in [-0.05, 0) is 74.0 Å². The van der Waals surface area contributed by atoms with Crippen LogP contribution in [0.2, 0.25) is 0 Å². The van der Waals surface area contributed by atoms with Crippen molar-refractivity contribution in [2.45, 2.75) is 81.6 Å². The van der Waals surface area contributed by atoms with E-state index in [1.54, 1.807) is 6.07 Å². The third-order valence-electron chi connectivity index (χ3n) is 9.94. The molecule has 3 fully saturated rings. The molecule has 2 saturated heterocycles. The minimum atomic E-state index is -0.344. The molecule has 4 unspecified atom stereocenters. The molecule has 4 heteroatoms. The van der Waals surface area contributed by atoms with Gasteiger partial charge in [0, 0.05) is 18.2 Å². The topological polar surface area (TPSA) is 36.9 Å². The van der Waals surface area contributed by atoms with Gasteiger partial charge in [0.1, 0.15) is 11.7 Å². The number of carbonyl (C=O) groups is 1. The van der Waals surface area contributed by atoms with Gasteiger partial charge >= 0.3 is 0 Å². The van der Waals surface area contributed by atoms with Crippen molar-refractivity contribution in [1.29, 1.82) is 0 Å². The van der Waals surface area contributed by atoms with Crippen molar-refractivity contribution in [3.63, 3.8) is 0 Å². The Bertz CT molecular complexity index is 1050. The minimum Gasteiger partial charge on any atom is -0.345 e. The number of carbonyl (C=O) groups excluding carboxylic acids is 1. The lowest BCUT2D eigenvalue weighted by Crippen LogP contribution is -2.82. The summed E-state index contributed by atoms with van der Waals surface area (Å²) in [6, 6.07) is 16.8. The molecule has 4 atom stereocenters. The molecule has 2 aliphatic carbocycles. The Labute approximate surface area is 209 Å². The zero-order valence-electron chi connectivity index (χ0n) is 20.9. The number of amides is 1. The summed E-state index contributed by atoms with van der Waals surface area (Å²) in [5.41, 5.74) is 3.08. The van der Waals surface area contributed by atoms with E-state index in [9.17, 15) is 4.79 Å². The first-order valence-corrected chi connectivity index (χ1v) is 14.1. The molecule has 2 aromatic rings. The molecule has 0 bridgehead atoms. The SMILES string of the molecule is O=C(C1C[NH2+]CC12CCCc1cccc(F)c12)N1CCC(c2ccccc2)CC1C1CCCCC1. The van der Waals surface area contributed by atoms with Crippen molar-refractivity contribution in [3.05, 3.63) is 71.0 Å². The quantitative estimate of drug-likeness (QED) is 0.670. The summed E-state index contributed by atoms with van der Waals surface area (Å²) >= 11 is 0. The zero-order chi connectivity index (χ0) is 23.8. The number of nitrogens with two attached hydrogens (primary N) is 1. The normalized spacial score (nSPS) is 31.5. The number of benzene rings is 2. The molecule has 1 spiro atoms.